The quantitative estimate of drug-likeness (QED) is 0.792. The highest BCUT2D eigenvalue weighted by molar-refractivity contribution is 4.97. The molecule has 2 atom stereocenters. The molecule has 0 aromatic rings. The molecule has 0 radical (unpaired) electrons. The van der Waals surface area contributed by atoms with E-state index in [1.165, 1.54) is 38.8 Å². The molecule has 0 amide bonds. The van der Waals surface area contributed by atoms with Gasteiger partial charge in [-0.05, 0) is 37.5 Å². The predicted molar refractivity (Wildman–Crippen MR) is 74.2 cm³/mol. The Morgan fingerprint density at radius 3 is 2.29 bits per heavy atom. The number of nitrogens with one attached hydrogen (secondary N) is 1. The SMILES string of the molecule is CCC(CC)N1CC(C(C)C)NCC1C1CC1. The summed E-state index contributed by atoms with van der Waals surface area (Å²) in [5.41, 5.74) is 0. The summed E-state index contributed by atoms with van der Waals surface area (Å²) in [5.74, 6) is 1.75. The molecule has 100 valence electrons. The van der Waals surface area contributed by atoms with Crippen molar-refractivity contribution in [2.75, 3.05) is 13.1 Å². The van der Waals surface area contributed by atoms with E-state index in [0.29, 0.717) is 6.04 Å². The molecule has 1 aliphatic heterocycles. The van der Waals surface area contributed by atoms with Crippen LogP contribution in [0.15, 0.2) is 0 Å². The lowest BCUT2D eigenvalue weighted by Crippen LogP contribution is -2.61. The van der Waals surface area contributed by atoms with Crippen molar-refractivity contribution in [2.24, 2.45) is 11.8 Å². The van der Waals surface area contributed by atoms with Crippen molar-refractivity contribution in [1.82, 2.24) is 10.2 Å². The van der Waals surface area contributed by atoms with Gasteiger partial charge < -0.3 is 5.32 Å². The van der Waals surface area contributed by atoms with E-state index in [2.05, 4.69) is 37.9 Å². The number of piperazine rings is 1. The van der Waals surface area contributed by atoms with Crippen LogP contribution in [0.5, 0.6) is 0 Å². The van der Waals surface area contributed by atoms with Gasteiger partial charge >= 0.3 is 0 Å². The third-order valence-corrected chi connectivity index (χ3v) is 4.81. The number of nitrogens with zero attached hydrogens (tertiary/aromatic N) is 1. The van der Waals surface area contributed by atoms with E-state index >= 15 is 0 Å². The molecule has 0 bridgehead atoms. The molecule has 1 saturated carbocycles. The minimum Gasteiger partial charge on any atom is -0.311 e. The van der Waals surface area contributed by atoms with Gasteiger partial charge in [-0.3, -0.25) is 4.90 Å². The fourth-order valence-corrected chi connectivity index (χ4v) is 3.36. The molecular weight excluding hydrogens is 208 g/mol. The van der Waals surface area contributed by atoms with Gasteiger partial charge in [-0.1, -0.05) is 27.7 Å². The second-order valence-corrected chi connectivity index (χ2v) is 6.33. The van der Waals surface area contributed by atoms with Crippen LogP contribution in [0.3, 0.4) is 0 Å². The topological polar surface area (TPSA) is 15.3 Å². The van der Waals surface area contributed by atoms with Gasteiger partial charge in [0.2, 0.25) is 0 Å². The third kappa shape index (κ3) is 3.03. The zero-order valence-electron chi connectivity index (χ0n) is 12.1. The molecule has 1 saturated heterocycles. The summed E-state index contributed by atoms with van der Waals surface area (Å²) in [6.45, 7) is 11.9. The van der Waals surface area contributed by atoms with Gasteiger partial charge in [-0.25, -0.2) is 0 Å². The van der Waals surface area contributed by atoms with Crippen LogP contribution in [0.2, 0.25) is 0 Å². The number of hydrogen-bond acceptors (Lipinski definition) is 2. The van der Waals surface area contributed by atoms with E-state index < -0.39 is 0 Å². The van der Waals surface area contributed by atoms with E-state index in [0.717, 1.165) is 23.9 Å². The first-order valence-electron chi connectivity index (χ1n) is 7.66. The van der Waals surface area contributed by atoms with Gasteiger partial charge in [0, 0.05) is 31.2 Å². The highest BCUT2D eigenvalue weighted by Gasteiger charge is 2.40. The predicted octanol–water partition coefficient (Wildman–Crippen LogP) is 2.88. The van der Waals surface area contributed by atoms with Crippen molar-refractivity contribution >= 4 is 0 Å². The minimum absolute atomic E-state index is 0.700. The van der Waals surface area contributed by atoms with Gasteiger partial charge in [0.05, 0.1) is 0 Å². The summed E-state index contributed by atoms with van der Waals surface area (Å²) in [5, 5.41) is 3.78. The molecule has 17 heavy (non-hydrogen) atoms. The molecule has 2 nitrogen and oxygen atoms in total. The Hall–Kier alpha value is -0.0800. The van der Waals surface area contributed by atoms with E-state index in [9.17, 15) is 0 Å². The van der Waals surface area contributed by atoms with Crippen LogP contribution in [0.25, 0.3) is 0 Å². The van der Waals surface area contributed by atoms with Crippen LogP contribution < -0.4 is 5.32 Å². The molecule has 0 spiro atoms. The highest BCUT2D eigenvalue weighted by atomic mass is 15.3. The molecular formula is C15H30N2. The number of hydrogen-bond donors (Lipinski definition) is 1. The molecule has 1 aliphatic carbocycles. The second kappa shape index (κ2) is 5.71. The summed E-state index contributed by atoms with van der Waals surface area (Å²) >= 11 is 0. The van der Waals surface area contributed by atoms with Crippen molar-refractivity contribution in [2.45, 2.75) is 71.5 Å². The number of rotatable bonds is 5. The van der Waals surface area contributed by atoms with Gasteiger partial charge in [0.25, 0.3) is 0 Å². The van der Waals surface area contributed by atoms with Crippen LogP contribution in [0.4, 0.5) is 0 Å². The van der Waals surface area contributed by atoms with Gasteiger partial charge in [-0.15, -0.1) is 0 Å². The van der Waals surface area contributed by atoms with Gasteiger partial charge in [0.1, 0.15) is 0 Å². The Kier molecular flexibility index (Phi) is 4.48. The molecule has 2 fully saturated rings. The van der Waals surface area contributed by atoms with Crippen molar-refractivity contribution in [1.29, 1.82) is 0 Å². The summed E-state index contributed by atoms with van der Waals surface area (Å²) in [4.78, 5) is 2.85. The van der Waals surface area contributed by atoms with Crippen LogP contribution >= 0.6 is 0 Å². The first-order chi connectivity index (χ1) is 8.17. The summed E-state index contributed by atoms with van der Waals surface area (Å²) < 4.78 is 0. The lowest BCUT2D eigenvalue weighted by atomic mass is 9.94. The monoisotopic (exact) mass is 238 g/mol. The van der Waals surface area contributed by atoms with E-state index in [1.807, 2.05) is 0 Å². The van der Waals surface area contributed by atoms with E-state index in [4.69, 9.17) is 0 Å². The summed E-state index contributed by atoms with van der Waals surface area (Å²) in [6, 6.07) is 2.34. The maximum Gasteiger partial charge on any atom is 0.0252 e. The highest BCUT2D eigenvalue weighted by Crippen LogP contribution is 2.38. The van der Waals surface area contributed by atoms with Gasteiger partial charge in [0.15, 0.2) is 0 Å². The smallest absolute Gasteiger partial charge is 0.0252 e. The zero-order chi connectivity index (χ0) is 12.4. The van der Waals surface area contributed by atoms with E-state index in [-0.39, 0.29) is 0 Å². The largest absolute Gasteiger partial charge is 0.311 e. The molecule has 0 aromatic carbocycles. The van der Waals surface area contributed by atoms with Crippen LogP contribution in [-0.2, 0) is 0 Å². The Morgan fingerprint density at radius 2 is 1.82 bits per heavy atom. The Morgan fingerprint density at radius 1 is 1.18 bits per heavy atom. The average molecular weight is 238 g/mol. The molecule has 2 unspecified atom stereocenters. The molecule has 2 rings (SSSR count). The van der Waals surface area contributed by atoms with Gasteiger partial charge in [-0.2, -0.15) is 0 Å². The molecule has 1 N–H and O–H groups in total. The maximum absolute atomic E-state index is 3.78. The van der Waals surface area contributed by atoms with Crippen LogP contribution in [0.1, 0.15) is 53.4 Å². The molecule has 1 heterocycles. The zero-order valence-corrected chi connectivity index (χ0v) is 12.1. The van der Waals surface area contributed by atoms with Crippen LogP contribution in [0, 0.1) is 11.8 Å². The van der Waals surface area contributed by atoms with Crippen molar-refractivity contribution in [3.8, 4) is 0 Å². The third-order valence-electron chi connectivity index (χ3n) is 4.81. The Labute approximate surface area is 107 Å². The van der Waals surface area contributed by atoms with Crippen molar-refractivity contribution < 1.29 is 0 Å². The first kappa shape index (κ1) is 13.4. The fourth-order valence-electron chi connectivity index (χ4n) is 3.36. The standard InChI is InChI=1S/C15H30N2/c1-5-13(6-2)17-10-14(11(3)4)16-9-15(17)12-7-8-12/h11-16H,5-10H2,1-4H3. The molecule has 2 aliphatic rings. The minimum atomic E-state index is 0.700. The normalized spacial score (nSPS) is 31.4. The molecule has 2 heteroatoms. The van der Waals surface area contributed by atoms with Crippen molar-refractivity contribution in [3.05, 3.63) is 0 Å². The second-order valence-electron chi connectivity index (χ2n) is 6.33. The summed E-state index contributed by atoms with van der Waals surface area (Å²) in [6.07, 6.45) is 5.56. The van der Waals surface area contributed by atoms with E-state index in [1.54, 1.807) is 0 Å². The van der Waals surface area contributed by atoms with Crippen molar-refractivity contribution in [3.63, 3.8) is 0 Å². The summed E-state index contributed by atoms with van der Waals surface area (Å²) in [7, 11) is 0. The fraction of sp³-hybridized carbons (Fsp3) is 1.00. The average Bonchev–Trinajstić information content (AvgIpc) is 3.14. The van der Waals surface area contributed by atoms with Crippen LogP contribution in [-0.4, -0.2) is 36.1 Å². The maximum atomic E-state index is 3.78. The molecule has 0 aromatic heterocycles. The Balaban J connectivity index is 2.03. The lowest BCUT2D eigenvalue weighted by Gasteiger charge is -2.46. The Bertz CT molecular complexity index is 231. The first-order valence-corrected chi connectivity index (χ1v) is 7.66. The lowest BCUT2D eigenvalue weighted by molar-refractivity contribution is 0.0539.